The van der Waals surface area contributed by atoms with Crippen molar-refractivity contribution in [3.8, 4) is 11.5 Å². The Hall–Kier alpha value is -3.63. The van der Waals surface area contributed by atoms with Crippen molar-refractivity contribution in [3.05, 3.63) is 28.8 Å². The summed E-state index contributed by atoms with van der Waals surface area (Å²) in [6, 6.07) is 2.51. The molecule has 0 spiro atoms. The van der Waals surface area contributed by atoms with Crippen molar-refractivity contribution in [1.29, 1.82) is 0 Å². The van der Waals surface area contributed by atoms with E-state index < -0.39 is 24.0 Å². The molecule has 0 radical (unpaired) electrons. The second-order valence-corrected chi connectivity index (χ2v) is 6.55. The first-order valence-electron chi connectivity index (χ1n) is 9.70. The number of imide groups is 1. The van der Waals surface area contributed by atoms with E-state index in [1.807, 2.05) is 0 Å². The zero-order chi connectivity index (χ0) is 23.0. The Balaban J connectivity index is 1.95. The van der Waals surface area contributed by atoms with Gasteiger partial charge in [0.15, 0.2) is 17.6 Å². The number of urea groups is 1. The third kappa shape index (κ3) is 6.17. The number of methoxy groups -OCH3 is 2. The van der Waals surface area contributed by atoms with Crippen LogP contribution in [-0.4, -0.2) is 54.3 Å². The summed E-state index contributed by atoms with van der Waals surface area (Å²) in [6.07, 6.45) is 0.547. The van der Waals surface area contributed by atoms with Gasteiger partial charge in [-0.15, -0.1) is 0 Å². The molecule has 0 saturated carbocycles. The van der Waals surface area contributed by atoms with E-state index in [4.69, 9.17) is 14.2 Å². The Kier molecular flexibility index (Phi) is 8.35. The third-order valence-corrected chi connectivity index (χ3v) is 4.36. The van der Waals surface area contributed by atoms with Crippen LogP contribution in [0.2, 0.25) is 0 Å². The van der Waals surface area contributed by atoms with Crippen molar-refractivity contribution in [2.75, 3.05) is 20.8 Å². The lowest BCUT2D eigenvalue weighted by atomic mass is 10.2. The molecule has 31 heavy (non-hydrogen) atoms. The fourth-order valence-electron chi connectivity index (χ4n) is 2.77. The van der Waals surface area contributed by atoms with Gasteiger partial charge < -0.3 is 19.5 Å². The number of hydrogen-bond acceptors (Lipinski definition) is 8. The molecule has 0 aliphatic heterocycles. The summed E-state index contributed by atoms with van der Waals surface area (Å²) in [5, 5.41) is 4.83. The summed E-state index contributed by atoms with van der Waals surface area (Å²) in [5.41, 5.74) is 0.180. The number of fused-ring (bicyclic) bond motifs is 1. The summed E-state index contributed by atoms with van der Waals surface area (Å²) < 4.78 is 16.8. The minimum absolute atomic E-state index is 0.0187. The van der Waals surface area contributed by atoms with Crippen LogP contribution in [0.1, 0.15) is 26.7 Å². The molecule has 1 unspecified atom stereocenters. The highest BCUT2D eigenvalue weighted by Gasteiger charge is 2.19. The average Bonchev–Trinajstić information content (AvgIpc) is 2.74. The first-order chi connectivity index (χ1) is 14.8. The van der Waals surface area contributed by atoms with Crippen LogP contribution in [0, 0.1) is 0 Å². The number of aromatic nitrogens is 2. The maximum atomic E-state index is 12.7. The Morgan fingerprint density at radius 3 is 2.48 bits per heavy atom. The topological polar surface area (TPSA) is 138 Å². The molecule has 1 heterocycles. The molecule has 0 saturated heterocycles. The van der Waals surface area contributed by atoms with Crippen LogP contribution in [0.3, 0.4) is 0 Å². The van der Waals surface area contributed by atoms with Gasteiger partial charge in [-0.05, 0) is 26.3 Å². The zero-order valence-electron chi connectivity index (χ0n) is 17.9. The van der Waals surface area contributed by atoms with E-state index in [0.717, 1.165) is 0 Å². The molecular formula is C20H26N4O7. The van der Waals surface area contributed by atoms with Gasteiger partial charge >= 0.3 is 12.0 Å². The van der Waals surface area contributed by atoms with E-state index >= 15 is 0 Å². The normalized spacial score (nSPS) is 11.5. The number of carbonyl (C=O) groups excluding carboxylic acids is 3. The minimum atomic E-state index is -1.12. The van der Waals surface area contributed by atoms with Gasteiger partial charge in [-0.25, -0.2) is 9.78 Å². The number of nitrogens with zero attached hydrogens (tertiary/aromatic N) is 2. The standard InChI is InChI=1S/C20H26N4O7/c1-5-21-20(28)23-18(26)12(2)31-17(25)7-6-8-24-11-22-14-10-16(30-4)15(29-3)9-13(14)19(24)27/h9-12H,5-8H2,1-4H3,(H2,21,23,26,28). The predicted octanol–water partition coefficient (Wildman–Crippen LogP) is 0.971. The summed E-state index contributed by atoms with van der Waals surface area (Å²) in [5.74, 6) is -0.465. The van der Waals surface area contributed by atoms with Crippen LogP contribution in [0.25, 0.3) is 10.9 Å². The highest BCUT2D eigenvalue weighted by atomic mass is 16.5. The molecule has 1 aromatic carbocycles. The Labute approximate surface area is 178 Å². The number of nitrogens with one attached hydrogen (secondary N) is 2. The Bertz CT molecular complexity index is 1020. The maximum Gasteiger partial charge on any atom is 0.321 e. The van der Waals surface area contributed by atoms with Crippen LogP contribution in [-0.2, 0) is 20.9 Å². The monoisotopic (exact) mass is 434 g/mol. The molecule has 11 heteroatoms. The Morgan fingerprint density at radius 2 is 1.84 bits per heavy atom. The number of benzene rings is 1. The number of esters is 1. The smallest absolute Gasteiger partial charge is 0.321 e. The van der Waals surface area contributed by atoms with Gasteiger partial charge in [0.1, 0.15) is 0 Å². The third-order valence-electron chi connectivity index (χ3n) is 4.36. The summed E-state index contributed by atoms with van der Waals surface area (Å²) in [7, 11) is 2.97. The SMILES string of the molecule is CCNC(=O)NC(=O)C(C)OC(=O)CCCn1cnc2cc(OC)c(OC)cc2c1=O. The summed E-state index contributed by atoms with van der Waals surface area (Å²) >= 11 is 0. The minimum Gasteiger partial charge on any atom is -0.493 e. The zero-order valence-corrected chi connectivity index (χ0v) is 17.9. The lowest BCUT2D eigenvalue weighted by Crippen LogP contribution is -2.44. The molecule has 168 valence electrons. The van der Waals surface area contributed by atoms with E-state index in [1.54, 1.807) is 19.1 Å². The van der Waals surface area contributed by atoms with Crippen LogP contribution in [0.4, 0.5) is 4.79 Å². The van der Waals surface area contributed by atoms with E-state index in [0.29, 0.717) is 35.4 Å². The number of rotatable bonds is 9. The van der Waals surface area contributed by atoms with Gasteiger partial charge in [0.05, 0.1) is 31.4 Å². The summed E-state index contributed by atoms with van der Waals surface area (Å²) in [6.45, 7) is 3.66. The maximum absolute atomic E-state index is 12.7. The van der Waals surface area contributed by atoms with Gasteiger partial charge in [0, 0.05) is 25.6 Å². The number of hydrogen-bond donors (Lipinski definition) is 2. The predicted molar refractivity (Wildman–Crippen MR) is 111 cm³/mol. The van der Waals surface area contributed by atoms with E-state index in [2.05, 4.69) is 15.6 Å². The molecule has 11 nitrogen and oxygen atoms in total. The van der Waals surface area contributed by atoms with Gasteiger partial charge in [-0.2, -0.15) is 0 Å². The van der Waals surface area contributed by atoms with Gasteiger partial charge in [0.2, 0.25) is 0 Å². The first kappa shape index (κ1) is 23.6. The fraction of sp³-hybridized carbons (Fsp3) is 0.450. The van der Waals surface area contributed by atoms with Crippen LogP contribution in [0.15, 0.2) is 23.3 Å². The van der Waals surface area contributed by atoms with Crippen molar-refractivity contribution in [2.24, 2.45) is 0 Å². The molecule has 0 aliphatic carbocycles. The second kappa shape index (κ2) is 11.0. The molecule has 0 bridgehead atoms. The quantitative estimate of drug-likeness (QED) is 0.557. The van der Waals surface area contributed by atoms with E-state index in [1.165, 1.54) is 32.0 Å². The second-order valence-electron chi connectivity index (χ2n) is 6.55. The van der Waals surface area contributed by atoms with E-state index in [9.17, 15) is 19.2 Å². The lowest BCUT2D eigenvalue weighted by Gasteiger charge is -2.13. The molecular weight excluding hydrogens is 408 g/mol. The summed E-state index contributed by atoms with van der Waals surface area (Å²) in [4.78, 5) is 52.1. The molecule has 1 atom stereocenters. The molecule has 3 amide bonds. The number of carbonyl (C=O) groups is 3. The van der Waals surface area contributed by atoms with Crippen LogP contribution < -0.4 is 25.7 Å². The van der Waals surface area contributed by atoms with Crippen molar-refractivity contribution in [1.82, 2.24) is 20.2 Å². The molecule has 2 rings (SSSR count). The lowest BCUT2D eigenvalue weighted by molar-refractivity contribution is -0.154. The first-order valence-corrected chi connectivity index (χ1v) is 9.70. The highest BCUT2D eigenvalue weighted by molar-refractivity contribution is 5.97. The molecule has 0 aliphatic rings. The van der Waals surface area contributed by atoms with Gasteiger partial charge in [-0.3, -0.25) is 24.3 Å². The van der Waals surface area contributed by atoms with E-state index in [-0.39, 0.29) is 18.5 Å². The van der Waals surface area contributed by atoms with Crippen molar-refractivity contribution < 1.29 is 28.6 Å². The van der Waals surface area contributed by atoms with Crippen molar-refractivity contribution >= 4 is 28.8 Å². The van der Waals surface area contributed by atoms with Gasteiger partial charge in [-0.1, -0.05) is 0 Å². The van der Waals surface area contributed by atoms with Crippen LogP contribution in [0.5, 0.6) is 11.5 Å². The Morgan fingerprint density at radius 1 is 1.16 bits per heavy atom. The molecule has 2 N–H and O–H groups in total. The molecule has 0 fully saturated rings. The molecule has 2 aromatic rings. The van der Waals surface area contributed by atoms with Gasteiger partial charge in [0.25, 0.3) is 11.5 Å². The number of amides is 3. The van der Waals surface area contributed by atoms with Crippen molar-refractivity contribution in [3.63, 3.8) is 0 Å². The highest BCUT2D eigenvalue weighted by Crippen LogP contribution is 2.29. The average molecular weight is 434 g/mol. The fourth-order valence-corrected chi connectivity index (χ4v) is 2.77. The number of aryl methyl sites for hydroxylation is 1. The van der Waals surface area contributed by atoms with Crippen molar-refractivity contribution in [2.45, 2.75) is 39.3 Å². The van der Waals surface area contributed by atoms with Crippen LogP contribution >= 0.6 is 0 Å². The largest absolute Gasteiger partial charge is 0.493 e. The number of ether oxygens (including phenoxy) is 3. The molecule has 1 aromatic heterocycles.